The van der Waals surface area contributed by atoms with Crippen molar-refractivity contribution < 1.29 is 4.74 Å². The molecule has 0 aliphatic rings. The van der Waals surface area contributed by atoms with Crippen molar-refractivity contribution in [3.05, 3.63) is 30.1 Å². The number of H-pyrrole nitrogens is 1. The number of aromatic nitrogens is 3. The van der Waals surface area contributed by atoms with E-state index in [0.717, 1.165) is 25.1 Å². The number of nitrogens with two attached hydrogens (primary N) is 1. The van der Waals surface area contributed by atoms with E-state index in [-0.39, 0.29) is 0 Å². The maximum absolute atomic E-state index is 6.03. The van der Waals surface area contributed by atoms with Crippen molar-refractivity contribution in [1.82, 2.24) is 15.2 Å². The molecule has 0 aliphatic carbocycles. The molecule has 0 spiro atoms. The number of rotatable bonds is 8. The summed E-state index contributed by atoms with van der Waals surface area (Å²) < 4.78 is 5.67. The fourth-order valence-corrected chi connectivity index (χ4v) is 1.93. The summed E-state index contributed by atoms with van der Waals surface area (Å²) in [5, 5.41) is 9.72. The molecule has 6 nitrogen and oxygen atoms in total. The van der Waals surface area contributed by atoms with E-state index in [1.807, 2.05) is 12.1 Å². The summed E-state index contributed by atoms with van der Waals surface area (Å²) in [7, 11) is 0. The minimum atomic E-state index is 0.492. The Morgan fingerprint density at radius 2 is 2.24 bits per heavy atom. The van der Waals surface area contributed by atoms with Crippen LogP contribution in [0.2, 0.25) is 0 Å². The van der Waals surface area contributed by atoms with Gasteiger partial charge in [-0.15, -0.1) is 0 Å². The number of aryl methyl sites for hydroxylation is 1. The molecular weight excluding hydrogens is 266 g/mol. The Kier molecular flexibility index (Phi) is 5.43. The van der Waals surface area contributed by atoms with Gasteiger partial charge in [0.2, 0.25) is 5.95 Å². The summed E-state index contributed by atoms with van der Waals surface area (Å²) in [5.74, 6) is 1.96. The molecule has 21 heavy (non-hydrogen) atoms. The lowest BCUT2D eigenvalue weighted by Gasteiger charge is -2.12. The number of ether oxygens (including phenoxy) is 1. The molecule has 114 valence electrons. The molecule has 1 aromatic heterocycles. The molecule has 0 bridgehead atoms. The van der Waals surface area contributed by atoms with Crippen LogP contribution in [0.3, 0.4) is 0 Å². The lowest BCUT2D eigenvalue weighted by molar-refractivity contribution is 0.272. The molecular formula is C15H23N5O. The molecule has 2 aromatic rings. The zero-order valence-corrected chi connectivity index (χ0v) is 12.6. The topological polar surface area (TPSA) is 88.8 Å². The van der Waals surface area contributed by atoms with Gasteiger partial charge in [-0.3, -0.25) is 0 Å². The van der Waals surface area contributed by atoms with Gasteiger partial charge in [0.25, 0.3) is 0 Å². The molecule has 0 fully saturated rings. The predicted molar refractivity (Wildman–Crippen MR) is 84.4 cm³/mol. The summed E-state index contributed by atoms with van der Waals surface area (Å²) >= 11 is 0. The average Bonchev–Trinajstić information content (AvgIpc) is 2.95. The van der Waals surface area contributed by atoms with Gasteiger partial charge < -0.3 is 15.8 Å². The van der Waals surface area contributed by atoms with Crippen LogP contribution in [0.1, 0.15) is 25.8 Å². The van der Waals surface area contributed by atoms with Gasteiger partial charge in [0.1, 0.15) is 12.1 Å². The number of hydrogen-bond acceptors (Lipinski definition) is 5. The van der Waals surface area contributed by atoms with Gasteiger partial charge in [-0.2, -0.15) is 5.10 Å². The first-order chi connectivity index (χ1) is 10.1. The molecule has 0 atom stereocenters. The molecule has 0 amide bonds. The van der Waals surface area contributed by atoms with Gasteiger partial charge in [-0.05, 0) is 36.5 Å². The number of benzene rings is 1. The van der Waals surface area contributed by atoms with Crippen LogP contribution >= 0.6 is 0 Å². The highest BCUT2D eigenvalue weighted by Crippen LogP contribution is 2.23. The first-order valence-corrected chi connectivity index (χ1v) is 7.25. The van der Waals surface area contributed by atoms with E-state index in [1.54, 1.807) is 0 Å². The van der Waals surface area contributed by atoms with E-state index in [2.05, 4.69) is 40.4 Å². The lowest BCUT2D eigenvalue weighted by Crippen LogP contribution is -2.07. The normalized spacial score (nSPS) is 10.8. The standard InChI is InChI=1S/C15H23N5O/c1-11(2)9-21-14-6-5-12(8-13(14)16)4-3-7-17-15-18-10-19-20-15/h5-6,8,10-11H,3-4,7,9,16H2,1-2H3,(H2,17,18,19,20). The molecule has 1 aromatic carbocycles. The van der Waals surface area contributed by atoms with E-state index >= 15 is 0 Å². The summed E-state index contributed by atoms with van der Waals surface area (Å²) in [4.78, 5) is 4.01. The summed E-state index contributed by atoms with van der Waals surface area (Å²) in [6, 6.07) is 6.02. The average molecular weight is 289 g/mol. The zero-order chi connectivity index (χ0) is 15.1. The van der Waals surface area contributed by atoms with Gasteiger partial charge in [-0.1, -0.05) is 19.9 Å². The minimum Gasteiger partial charge on any atom is -0.491 e. The fourth-order valence-electron chi connectivity index (χ4n) is 1.93. The van der Waals surface area contributed by atoms with Crippen molar-refractivity contribution in [3.63, 3.8) is 0 Å². The first kappa shape index (κ1) is 15.2. The minimum absolute atomic E-state index is 0.492. The quantitative estimate of drug-likeness (QED) is 0.513. The van der Waals surface area contributed by atoms with E-state index in [1.165, 1.54) is 11.9 Å². The summed E-state index contributed by atoms with van der Waals surface area (Å²) in [5.41, 5.74) is 7.94. The second-order valence-corrected chi connectivity index (χ2v) is 5.44. The Balaban J connectivity index is 1.77. The molecule has 0 saturated carbocycles. The monoisotopic (exact) mass is 289 g/mol. The van der Waals surface area contributed by atoms with Crippen molar-refractivity contribution in [2.24, 2.45) is 5.92 Å². The highest BCUT2D eigenvalue weighted by Gasteiger charge is 2.04. The molecule has 6 heteroatoms. The van der Waals surface area contributed by atoms with Crippen LogP contribution in [0.15, 0.2) is 24.5 Å². The lowest BCUT2D eigenvalue weighted by atomic mass is 10.1. The van der Waals surface area contributed by atoms with Crippen molar-refractivity contribution in [2.75, 3.05) is 24.2 Å². The molecule has 4 N–H and O–H groups in total. The van der Waals surface area contributed by atoms with Crippen molar-refractivity contribution >= 4 is 11.6 Å². The van der Waals surface area contributed by atoms with Crippen LogP contribution in [0.4, 0.5) is 11.6 Å². The van der Waals surface area contributed by atoms with Gasteiger partial charge in [0, 0.05) is 6.54 Å². The van der Waals surface area contributed by atoms with Gasteiger partial charge in [-0.25, -0.2) is 10.1 Å². The maximum atomic E-state index is 6.03. The number of hydrogen-bond donors (Lipinski definition) is 3. The highest BCUT2D eigenvalue weighted by atomic mass is 16.5. The zero-order valence-electron chi connectivity index (χ0n) is 12.6. The smallest absolute Gasteiger partial charge is 0.218 e. The molecule has 0 aliphatic heterocycles. The van der Waals surface area contributed by atoms with Crippen LogP contribution in [0.5, 0.6) is 5.75 Å². The van der Waals surface area contributed by atoms with Crippen molar-refractivity contribution in [2.45, 2.75) is 26.7 Å². The van der Waals surface area contributed by atoms with Crippen LogP contribution in [0.25, 0.3) is 0 Å². The Morgan fingerprint density at radius 3 is 2.90 bits per heavy atom. The number of anilines is 2. The third-order valence-electron chi connectivity index (χ3n) is 3.00. The van der Waals surface area contributed by atoms with E-state index in [9.17, 15) is 0 Å². The van der Waals surface area contributed by atoms with Crippen molar-refractivity contribution in [3.8, 4) is 5.75 Å². The third kappa shape index (κ3) is 4.98. The van der Waals surface area contributed by atoms with Gasteiger partial charge in [0.05, 0.1) is 12.3 Å². The van der Waals surface area contributed by atoms with Crippen LogP contribution in [-0.4, -0.2) is 28.3 Å². The molecule has 2 rings (SSSR count). The predicted octanol–water partition coefficient (Wildman–Crippen LogP) is 2.47. The van der Waals surface area contributed by atoms with Crippen LogP contribution in [0, 0.1) is 5.92 Å². The van der Waals surface area contributed by atoms with Crippen molar-refractivity contribution in [1.29, 1.82) is 0 Å². The Bertz CT molecular complexity index is 539. The van der Waals surface area contributed by atoms with E-state index in [0.29, 0.717) is 24.2 Å². The number of nitrogens with one attached hydrogen (secondary N) is 2. The number of aromatic amines is 1. The Hall–Kier alpha value is -2.24. The van der Waals surface area contributed by atoms with E-state index < -0.39 is 0 Å². The second-order valence-electron chi connectivity index (χ2n) is 5.44. The van der Waals surface area contributed by atoms with Crippen LogP contribution < -0.4 is 15.8 Å². The SMILES string of the molecule is CC(C)COc1ccc(CCCNc2ncn[nH]2)cc1N. The largest absolute Gasteiger partial charge is 0.491 e. The van der Waals surface area contributed by atoms with Gasteiger partial charge >= 0.3 is 0 Å². The number of nitrogen functional groups attached to an aromatic ring is 1. The molecule has 0 radical (unpaired) electrons. The number of nitrogens with zero attached hydrogens (tertiary/aromatic N) is 2. The fraction of sp³-hybridized carbons (Fsp3) is 0.467. The Morgan fingerprint density at radius 1 is 1.38 bits per heavy atom. The molecule has 1 heterocycles. The van der Waals surface area contributed by atoms with E-state index in [4.69, 9.17) is 10.5 Å². The first-order valence-electron chi connectivity index (χ1n) is 7.25. The maximum Gasteiger partial charge on any atom is 0.218 e. The summed E-state index contributed by atoms with van der Waals surface area (Å²) in [6.45, 7) is 5.75. The van der Waals surface area contributed by atoms with Crippen LogP contribution in [-0.2, 0) is 6.42 Å². The molecule has 0 unspecified atom stereocenters. The molecule has 0 saturated heterocycles. The Labute approximate surface area is 125 Å². The highest BCUT2D eigenvalue weighted by molar-refractivity contribution is 5.54. The third-order valence-corrected chi connectivity index (χ3v) is 3.00. The van der Waals surface area contributed by atoms with Gasteiger partial charge in [0.15, 0.2) is 0 Å². The second kappa shape index (κ2) is 7.52. The summed E-state index contributed by atoms with van der Waals surface area (Å²) in [6.07, 6.45) is 3.43.